The molecule has 0 aliphatic heterocycles. The molecular formula is C28H32Cl2N2O4P2Pd+2. The van der Waals surface area contributed by atoms with Gasteiger partial charge >= 0.3 is 52.0 Å². The van der Waals surface area contributed by atoms with Crippen LogP contribution in [0.3, 0.4) is 0 Å². The summed E-state index contributed by atoms with van der Waals surface area (Å²) in [4.78, 5) is 0. The number of rotatable bonds is 13. The van der Waals surface area contributed by atoms with Crippen LogP contribution >= 0.6 is 36.1 Å². The zero-order chi connectivity index (χ0) is 27.7. The first kappa shape index (κ1) is 31.6. The molecule has 0 aliphatic carbocycles. The molecule has 0 radical (unpaired) electrons. The van der Waals surface area contributed by atoms with E-state index in [2.05, 4.69) is 23.4 Å². The van der Waals surface area contributed by atoms with Gasteiger partial charge in [-0.1, -0.05) is 72.8 Å². The molecule has 0 bridgehead atoms. The van der Waals surface area contributed by atoms with Crippen LogP contribution in [0, 0.1) is 0 Å². The molecule has 0 amide bonds. The fourth-order valence-corrected chi connectivity index (χ4v) is 6.95. The fraction of sp³-hybridized carbons (Fsp3) is 0.143. The molecule has 4 aromatic rings. The second-order valence-electron chi connectivity index (χ2n) is 7.67. The summed E-state index contributed by atoms with van der Waals surface area (Å²) in [6.07, 6.45) is 0. The first-order valence-corrected chi connectivity index (χ1v) is 18.7. The predicted octanol–water partition coefficient (Wildman–Crippen LogP) is 9.16. The normalized spacial score (nSPS) is 10.9. The molecule has 0 saturated carbocycles. The molecule has 0 fully saturated rings. The molecule has 0 heterocycles. The van der Waals surface area contributed by atoms with E-state index in [0.717, 1.165) is 23.0 Å². The van der Waals surface area contributed by atoms with Gasteiger partial charge in [-0.15, -0.1) is 0 Å². The first-order valence-electron chi connectivity index (χ1n) is 12.2. The Hall–Kier alpha value is -1.90. The van der Waals surface area contributed by atoms with E-state index in [-0.39, 0.29) is 15.9 Å². The molecule has 0 saturated heterocycles. The number of hydrogen-bond donors (Lipinski definition) is 0. The van der Waals surface area contributed by atoms with Crippen LogP contribution in [0.15, 0.2) is 121 Å². The van der Waals surface area contributed by atoms with Crippen molar-refractivity contribution in [3.8, 4) is 23.0 Å². The van der Waals surface area contributed by atoms with Crippen molar-refractivity contribution >= 4 is 36.1 Å². The van der Waals surface area contributed by atoms with E-state index in [4.69, 9.17) is 37.2 Å². The standard InChI is InChI=1S/C28H30N2O4P2.2ClH.Pd/c1-3-29(35(31-25-17-9-5-10-18-25)32-26-19-11-6-12-20-26)30(4-2)36(33-27-21-13-7-14-22-27)34-28-23-15-8-16-24-28;;;/h5-24H,3-4H2,1-2H3;2*1H;/q;;;+2. The number of para-hydroxylation sites is 4. The van der Waals surface area contributed by atoms with Gasteiger partial charge in [-0.25, -0.2) is 0 Å². The molecule has 11 heteroatoms. The number of benzene rings is 4. The minimum absolute atomic E-state index is 0.106. The van der Waals surface area contributed by atoms with E-state index < -0.39 is 17.1 Å². The van der Waals surface area contributed by atoms with Crippen LogP contribution in [-0.4, -0.2) is 22.6 Å². The van der Waals surface area contributed by atoms with Crippen molar-refractivity contribution in [2.45, 2.75) is 13.8 Å². The van der Waals surface area contributed by atoms with Crippen LogP contribution in [0.5, 0.6) is 23.0 Å². The van der Waals surface area contributed by atoms with Gasteiger partial charge in [0.15, 0.2) is 23.0 Å². The number of hydrazine groups is 1. The average molecular weight is 700 g/mol. The Morgan fingerprint density at radius 3 is 0.872 bits per heavy atom. The van der Waals surface area contributed by atoms with Gasteiger partial charge in [-0.3, -0.25) is 18.1 Å². The van der Waals surface area contributed by atoms with E-state index in [9.17, 15) is 0 Å². The van der Waals surface area contributed by atoms with E-state index in [1.165, 1.54) is 0 Å². The Morgan fingerprint density at radius 1 is 0.487 bits per heavy atom. The number of halogens is 2. The zero-order valence-electron chi connectivity index (χ0n) is 21.6. The van der Waals surface area contributed by atoms with Gasteiger partial charge in [-0.05, 0) is 71.9 Å². The number of nitrogens with zero attached hydrogens (tertiary/aromatic N) is 2. The molecule has 0 N–H and O–H groups in total. The quantitative estimate of drug-likeness (QED) is 0.0788. The maximum absolute atomic E-state index is 6.47. The van der Waals surface area contributed by atoms with Gasteiger partial charge < -0.3 is 0 Å². The van der Waals surface area contributed by atoms with Gasteiger partial charge in [-0.2, -0.15) is 0 Å². The van der Waals surface area contributed by atoms with Gasteiger partial charge in [0.05, 0.1) is 13.1 Å². The molecule has 0 aliphatic rings. The molecule has 0 atom stereocenters. The topological polar surface area (TPSA) is 43.4 Å². The van der Waals surface area contributed by atoms with Gasteiger partial charge in [0.25, 0.3) is 0 Å². The van der Waals surface area contributed by atoms with E-state index in [0.29, 0.717) is 13.1 Å². The van der Waals surface area contributed by atoms with Crippen molar-refractivity contribution in [2.75, 3.05) is 13.1 Å². The summed E-state index contributed by atoms with van der Waals surface area (Å²) >= 11 is -0.106. The minimum atomic E-state index is -2.05. The molecule has 0 unspecified atom stereocenters. The molecule has 0 aromatic heterocycles. The Morgan fingerprint density at radius 2 is 0.692 bits per heavy atom. The summed E-state index contributed by atoms with van der Waals surface area (Å²) < 4.78 is 30.1. The number of hydrogen-bond acceptors (Lipinski definition) is 6. The summed E-state index contributed by atoms with van der Waals surface area (Å²) in [5.74, 6) is 2.99. The van der Waals surface area contributed by atoms with Crippen molar-refractivity contribution in [1.29, 1.82) is 0 Å². The van der Waals surface area contributed by atoms with Crippen molar-refractivity contribution in [1.82, 2.24) is 9.56 Å². The van der Waals surface area contributed by atoms with Crippen LogP contribution in [0.1, 0.15) is 13.8 Å². The molecule has 4 aromatic carbocycles. The van der Waals surface area contributed by atoms with E-state index in [1.54, 1.807) is 0 Å². The fourth-order valence-electron chi connectivity index (χ4n) is 3.41. The van der Waals surface area contributed by atoms with Gasteiger partial charge in [0, 0.05) is 0 Å². The molecule has 39 heavy (non-hydrogen) atoms. The second kappa shape index (κ2) is 18.5. The molecular weight excluding hydrogens is 668 g/mol. The summed E-state index contributed by atoms with van der Waals surface area (Å²) in [5.41, 5.74) is 0. The third kappa shape index (κ3) is 10.9. The summed E-state index contributed by atoms with van der Waals surface area (Å²) in [5, 5.41) is 0. The molecule has 210 valence electrons. The Bertz CT molecular complexity index is 999. The van der Waals surface area contributed by atoms with E-state index >= 15 is 0 Å². The molecule has 0 spiro atoms. The van der Waals surface area contributed by atoms with Crippen molar-refractivity contribution in [3.63, 3.8) is 0 Å². The first-order chi connectivity index (χ1) is 19.2. The van der Waals surface area contributed by atoms with Gasteiger partial charge in [0.2, 0.25) is 0 Å². The Labute approximate surface area is 249 Å². The SMILES string of the molecule is CCN(N(CC)[PH+](Oc1ccccc1)Oc1ccccc1)[PH+](Oc1ccccc1)Oc1ccccc1.[Cl][Pd][Cl]. The predicted molar refractivity (Wildman–Crippen MR) is 161 cm³/mol. The molecule has 4 rings (SSSR count). The van der Waals surface area contributed by atoms with Crippen LogP contribution in [0.2, 0.25) is 0 Å². The van der Waals surface area contributed by atoms with Gasteiger partial charge in [0.1, 0.15) is 0 Å². The van der Waals surface area contributed by atoms with E-state index in [1.807, 2.05) is 121 Å². The third-order valence-corrected chi connectivity index (χ3v) is 8.91. The zero-order valence-corrected chi connectivity index (χ0v) is 26.6. The van der Waals surface area contributed by atoms with Crippen LogP contribution in [0.25, 0.3) is 0 Å². The summed E-state index contributed by atoms with van der Waals surface area (Å²) in [6, 6.07) is 39.0. The van der Waals surface area contributed by atoms with Crippen LogP contribution in [0.4, 0.5) is 0 Å². The van der Waals surface area contributed by atoms with Crippen LogP contribution in [-0.2, 0) is 15.9 Å². The third-order valence-electron chi connectivity index (χ3n) is 5.11. The molecule has 6 nitrogen and oxygen atoms in total. The van der Waals surface area contributed by atoms with Crippen molar-refractivity contribution in [2.24, 2.45) is 0 Å². The summed E-state index contributed by atoms with van der Waals surface area (Å²) in [7, 11) is 5.52. The average Bonchev–Trinajstić information content (AvgIpc) is 2.98. The maximum atomic E-state index is 6.47. The van der Waals surface area contributed by atoms with Crippen molar-refractivity contribution < 1.29 is 34.0 Å². The van der Waals surface area contributed by atoms with Crippen LogP contribution < -0.4 is 18.1 Å². The Balaban J connectivity index is 0.00000134. The summed E-state index contributed by atoms with van der Waals surface area (Å²) in [6.45, 7) is 5.46. The van der Waals surface area contributed by atoms with Crippen molar-refractivity contribution in [3.05, 3.63) is 121 Å². The Kier molecular flexibility index (Phi) is 15.0. The monoisotopic (exact) mass is 698 g/mol. The second-order valence-corrected chi connectivity index (χ2v) is 12.9.